The second-order valence-electron chi connectivity index (χ2n) is 7.04. The minimum absolute atomic E-state index is 0.0131. The largest absolute Gasteiger partial charge is 0.494 e. The summed E-state index contributed by atoms with van der Waals surface area (Å²) in [6.07, 6.45) is 0.824. The van der Waals surface area contributed by atoms with Gasteiger partial charge in [-0.3, -0.25) is 4.79 Å². The smallest absolute Gasteiger partial charge is 0.254 e. The van der Waals surface area contributed by atoms with Crippen LogP contribution in [0.1, 0.15) is 34.0 Å². The lowest BCUT2D eigenvalue weighted by atomic mass is 9.94. The lowest BCUT2D eigenvalue weighted by Crippen LogP contribution is -2.36. The number of hydrogen-bond donors (Lipinski definition) is 0. The molecule has 0 aliphatic carbocycles. The summed E-state index contributed by atoms with van der Waals surface area (Å²) in [4.78, 5) is 15.3. The van der Waals surface area contributed by atoms with E-state index in [1.54, 1.807) is 6.07 Å². The predicted octanol–water partition coefficient (Wildman–Crippen LogP) is 4.82. The van der Waals surface area contributed by atoms with E-state index >= 15 is 0 Å². The van der Waals surface area contributed by atoms with Gasteiger partial charge in [-0.1, -0.05) is 42.5 Å². The Morgan fingerprint density at radius 3 is 2.59 bits per heavy atom. The Hall–Kier alpha value is -3.58. The Morgan fingerprint density at radius 1 is 1.03 bits per heavy atom. The molecule has 1 aliphatic heterocycles. The molecule has 4 rings (SSSR count). The van der Waals surface area contributed by atoms with E-state index in [4.69, 9.17) is 4.74 Å². The summed E-state index contributed by atoms with van der Waals surface area (Å²) in [7, 11) is 0. The summed E-state index contributed by atoms with van der Waals surface area (Å²) in [6.45, 7) is 3.82. The minimum atomic E-state index is -0.0131. The van der Waals surface area contributed by atoms with Gasteiger partial charge in [0.25, 0.3) is 5.91 Å². The van der Waals surface area contributed by atoms with Crippen LogP contribution < -0.4 is 4.74 Å². The Kier molecular flexibility index (Phi) is 5.31. The van der Waals surface area contributed by atoms with Crippen molar-refractivity contribution >= 4 is 5.91 Å². The maximum absolute atomic E-state index is 13.4. The van der Waals surface area contributed by atoms with E-state index in [1.807, 2.05) is 66.4 Å². The highest BCUT2D eigenvalue weighted by molar-refractivity contribution is 6.01. The molecular formula is C25H22N2O2. The third-order valence-corrected chi connectivity index (χ3v) is 5.28. The van der Waals surface area contributed by atoms with Gasteiger partial charge in [-0.05, 0) is 54.3 Å². The number of carbonyl (C=O) groups excluding carboxylic acids is 1. The number of amides is 1. The molecule has 29 heavy (non-hydrogen) atoms. The fourth-order valence-corrected chi connectivity index (χ4v) is 3.85. The predicted molar refractivity (Wildman–Crippen MR) is 113 cm³/mol. The van der Waals surface area contributed by atoms with Crippen LogP contribution in [-0.2, 0) is 13.0 Å². The second-order valence-corrected chi connectivity index (χ2v) is 7.04. The van der Waals surface area contributed by atoms with Crippen LogP contribution >= 0.6 is 0 Å². The zero-order valence-corrected chi connectivity index (χ0v) is 16.4. The summed E-state index contributed by atoms with van der Waals surface area (Å²) < 4.78 is 5.62. The second kappa shape index (κ2) is 8.20. The summed E-state index contributed by atoms with van der Waals surface area (Å²) in [5.74, 6) is 0.824. The van der Waals surface area contributed by atoms with Crippen molar-refractivity contribution in [3.05, 3.63) is 89.0 Å². The molecular weight excluding hydrogens is 360 g/mol. The van der Waals surface area contributed by atoms with Crippen LogP contribution in [0.5, 0.6) is 5.75 Å². The number of nitrogens with zero attached hydrogens (tertiary/aromatic N) is 2. The fourth-order valence-electron chi connectivity index (χ4n) is 3.85. The first-order valence-corrected chi connectivity index (χ1v) is 9.83. The van der Waals surface area contributed by atoms with Crippen LogP contribution in [0.25, 0.3) is 11.1 Å². The van der Waals surface area contributed by atoms with Gasteiger partial charge in [-0.25, -0.2) is 0 Å². The maximum Gasteiger partial charge on any atom is 0.254 e. The molecule has 0 bridgehead atoms. The lowest BCUT2D eigenvalue weighted by molar-refractivity contribution is 0.0735. The topological polar surface area (TPSA) is 53.3 Å². The number of benzene rings is 3. The number of fused-ring (bicyclic) bond motifs is 1. The van der Waals surface area contributed by atoms with Crippen molar-refractivity contribution < 1.29 is 9.53 Å². The van der Waals surface area contributed by atoms with E-state index in [-0.39, 0.29) is 5.91 Å². The normalized spacial score (nSPS) is 12.8. The molecule has 1 amide bonds. The molecule has 144 valence electrons. The van der Waals surface area contributed by atoms with Crippen molar-refractivity contribution in [1.82, 2.24) is 4.90 Å². The zero-order valence-electron chi connectivity index (χ0n) is 16.4. The van der Waals surface area contributed by atoms with E-state index in [0.717, 1.165) is 28.9 Å². The highest BCUT2D eigenvalue weighted by Gasteiger charge is 2.24. The molecule has 3 aromatic rings. The molecule has 0 spiro atoms. The number of hydrogen-bond acceptors (Lipinski definition) is 3. The Morgan fingerprint density at radius 2 is 1.79 bits per heavy atom. The van der Waals surface area contributed by atoms with E-state index < -0.39 is 0 Å². The van der Waals surface area contributed by atoms with Crippen molar-refractivity contribution in [2.24, 2.45) is 0 Å². The van der Waals surface area contributed by atoms with Crippen LogP contribution in [0.3, 0.4) is 0 Å². The van der Waals surface area contributed by atoms with Gasteiger partial charge >= 0.3 is 0 Å². The SMILES string of the molecule is CCOc1ccc2c(c1)CN(C(=O)c1ccccc1-c1ccccc1C#N)CC2. The van der Waals surface area contributed by atoms with E-state index in [2.05, 4.69) is 12.1 Å². The van der Waals surface area contributed by atoms with Crippen molar-refractivity contribution in [1.29, 1.82) is 5.26 Å². The highest BCUT2D eigenvalue weighted by atomic mass is 16.5. The third kappa shape index (κ3) is 3.72. The van der Waals surface area contributed by atoms with Crippen LogP contribution in [0.4, 0.5) is 0 Å². The molecule has 3 aromatic carbocycles. The van der Waals surface area contributed by atoms with Crippen molar-refractivity contribution in [3.8, 4) is 22.9 Å². The van der Waals surface area contributed by atoms with Gasteiger partial charge < -0.3 is 9.64 Å². The van der Waals surface area contributed by atoms with E-state index in [0.29, 0.717) is 30.8 Å². The van der Waals surface area contributed by atoms with Crippen LogP contribution in [0, 0.1) is 11.3 Å². The molecule has 0 radical (unpaired) electrons. The number of rotatable bonds is 4. The van der Waals surface area contributed by atoms with Gasteiger partial charge in [0.05, 0.1) is 18.2 Å². The van der Waals surface area contributed by atoms with Crippen LogP contribution in [0.15, 0.2) is 66.7 Å². The minimum Gasteiger partial charge on any atom is -0.494 e. The van der Waals surface area contributed by atoms with Gasteiger partial charge in [0.15, 0.2) is 0 Å². The van der Waals surface area contributed by atoms with Gasteiger partial charge in [0, 0.05) is 24.2 Å². The Bertz CT molecular complexity index is 1100. The number of carbonyl (C=O) groups is 1. The molecule has 0 N–H and O–H groups in total. The summed E-state index contributed by atoms with van der Waals surface area (Å²) in [5.41, 5.74) is 5.17. The third-order valence-electron chi connectivity index (χ3n) is 5.28. The molecule has 0 fully saturated rings. The monoisotopic (exact) mass is 382 g/mol. The molecule has 0 saturated heterocycles. The first-order chi connectivity index (χ1) is 14.2. The molecule has 4 heteroatoms. The molecule has 4 nitrogen and oxygen atoms in total. The van der Waals surface area contributed by atoms with Gasteiger partial charge in [-0.2, -0.15) is 5.26 Å². The summed E-state index contributed by atoms with van der Waals surface area (Å²) >= 11 is 0. The standard InChI is InChI=1S/C25H22N2O2/c1-2-29-21-12-11-18-13-14-27(17-20(18)15-21)25(28)24-10-6-5-9-23(24)22-8-4-3-7-19(22)16-26/h3-12,15H,2,13-14,17H2,1H3. The van der Waals surface area contributed by atoms with Gasteiger partial charge in [0.2, 0.25) is 0 Å². The number of nitriles is 1. The van der Waals surface area contributed by atoms with Gasteiger partial charge in [0.1, 0.15) is 5.75 Å². The average molecular weight is 382 g/mol. The van der Waals surface area contributed by atoms with Crippen molar-refractivity contribution in [2.45, 2.75) is 19.9 Å². The quantitative estimate of drug-likeness (QED) is 0.650. The van der Waals surface area contributed by atoms with E-state index in [1.165, 1.54) is 5.56 Å². The molecule has 1 aliphatic rings. The molecule has 0 atom stereocenters. The summed E-state index contributed by atoms with van der Waals surface area (Å²) in [5, 5.41) is 9.48. The van der Waals surface area contributed by atoms with Crippen LogP contribution in [-0.4, -0.2) is 24.0 Å². The Balaban J connectivity index is 1.67. The zero-order chi connectivity index (χ0) is 20.2. The average Bonchev–Trinajstić information content (AvgIpc) is 2.78. The van der Waals surface area contributed by atoms with Crippen LogP contribution in [0.2, 0.25) is 0 Å². The fraction of sp³-hybridized carbons (Fsp3) is 0.200. The first kappa shape index (κ1) is 18.8. The molecule has 0 saturated carbocycles. The van der Waals surface area contributed by atoms with Crippen molar-refractivity contribution in [2.75, 3.05) is 13.2 Å². The van der Waals surface area contributed by atoms with Gasteiger partial charge in [-0.15, -0.1) is 0 Å². The summed E-state index contributed by atoms with van der Waals surface area (Å²) in [6, 6.07) is 23.3. The molecule has 1 heterocycles. The van der Waals surface area contributed by atoms with Crippen molar-refractivity contribution in [3.63, 3.8) is 0 Å². The highest BCUT2D eigenvalue weighted by Crippen LogP contribution is 2.30. The number of ether oxygens (including phenoxy) is 1. The lowest BCUT2D eigenvalue weighted by Gasteiger charge is -2.30. The maximum atomic E-state index is 13.4. The molecule has 0 unspecified atom stereocenters. The molecule has 0 aromatic heterocycles. The van der Waals surface area contributed by atoms with E-state index in [9.17, 15) is 10.1 Å². The Labute approximate surface area is 171 Å². The first-order valence-electron chi connectivity index (χ1n) is 9.83.